The van der Waals surface area contributed by atoms with Crippen LogP contribution < -0.4 is 10.6 Å². The summed E-state index contributed by atoms with van der Waals surface area (Å²) in [5.74, 6) is -0.266. The normalized spacial score (nSPS) is 10.8. The zero-order valence-electron chi connectivity index (χ0n) is 9.93. The molecule has 17 heavy (non-hydrogen) atoms. The minimum absolute atomic E-state index is 0.266. The Morgan fingerprint density at radius 2 is 2.00 bits per heavy atom. The Morgan fingerprint density at radius 3 is 2.71 bits per heavy atom. The molecule has 0 aliphatic carbocycles. The van der Waals surface area contributed by atoms with Crippen LogP contribution in [0.1, 0.15) is 5.56 Å². The number of hydrogen-bond acceptors (Lipinski definition) is 3. The molecule has 0 fully saturated rings. The van der Waals surface area contributed by atoms with E-state index in [0.29, 0.717) is 23.7 Å². The van der Waals surface area contributed by atoms with E-state index in [4.69, 9.17) is 16.3 Å². The van der Waals surface area contributed by atoms with Crippen molar-refractivity contribution in [2.75, 3.05) is 33.4 Å². The van der Waals surface area contributed by atoms with Gasteiger partial charge in [-0.2, -0.15) is 0 Å². The topological polar surface area (TPSA) is 33.3 Å². The van der Waals surface area contributed by atoms with Gasteiger partial charge in [-0.1, -0.05) is 17.7 Å². The predicted molar refractivity (Wildman–Crippen MR) is 67.9 cm³/mol. The molecule has 96 valence electrons. The Hall–Kier alpha value is -0.680. The molecule has 0 radical (unpaired) electrons. The lowest BCUT2D eigenvalue weighted by atomic mass is 10.2. The zero-order valence-corrected chi connectivity index (χ0v) is 10.7. The molecule has 0 unspecified atom stereocenters. The molecule has 0 spiro atoms. The number of benzene rings is 1. The fraction of sp³-hybridized carbons (Fsp3) is 0.500. The van der Waals surface area contributed by atoms with E-state index in [1.807, 2.05) is 0 Å². The van der Waals surface area contributed by atoms with Crippen LogP contribution in [0.15, 0.2) is 18.2 Å². The standard InChI is InChI=1S/C12H18ClFN2O/c1-17-8-7-15-5-6-16-9-10-11(13)3-2-4-12(10)14/h2-4,15-16H,5-9H2,1H3. The molecular formula is C12H18ClFN2O. The Bertz CT molecular complexity index is 316. The maximum Gasteiger partial charge on any atom is 0.129 e. The molecule has 0 saturated carbocycles. The number of rotatable bonds is 8. The number of halogens is 2. The highest BCUT2D eigenvalue weighted by Gasteiger charge is 2.05. The van der Waals surface area contributed by atoms with Gasteiger partial charge in [0.05, 0.1) is 6.61 Å². The Kier molecular flexibility index (Phi) is 7.12. The summed E-state index contributed by atoms with van der Waals surface area (Å²) in [6.45, 7) is 3.53. The van der Waals surface area contributed by atoms with Gasteiger partial charge in [0, 0.05) is 43.9 Å². The maximum absolute atomic E-state index is 13.4. The SMILES string of the molecule is COCCNCCNCc1c(F)cccc1Cl. The molecule has 1 aromatic carbocycles. The van der Waals surface area contributed by atoms with E-state index < -0.39 is 0 Å². The molecule has 1 rings (SSSR count). The van der Waals surface area contributed by atoms with Crippen LogP contribution in [0.25, 0.3) is 0 Å². The zero-order chi connectivity index (χ0) is 12.5. The van der Waals surface area contributed by atoms with Gasteiger partial charge in [-0.3, -0.25) is 0 Å². The van der Waals surface area contributed by atoms with Crippen molar-refractivity contribution in [3.8, 4) is 0 Å². The summed E-state index contributed by atoms with van der Waals surface area (Å²) in [5, 5.41) is 6.78. The van der Waals surface area contributed by atoms with Crippen molar-refractivity contribution >= 4 is 11.6 Å². The molecule has 2 N–H and O–H groups in total. The third-order valence-corrected chi connectivity index (χ3v) is 2.68. The fourth-order valence-corrected chi connectivity index (χ4v) is 1.62. The molecule has 3 nitrogen and oxygen atoms in total. The first-order chi connectivity index (χ1) is 8.25. The van der Waals surface area contributed by atoms with Crippen LogP contribution in [0.5, 0.6) is 0 Å². The van der Waals surface area contributed by atoms with Gasteiger partial charge in [0.2, 0.25) is 0 Å². The highest BCUT2D eigenvalue weighted by molar-refractivity contribution is 6.31. The van der Waals surface area contributed by atoms with Gasteiger partial charge in [0.15, 0.2) is 0 Å². The minimum atomic E-state index is -0.266. The van der Waals surface area contributed by atoms with Gasteiger partial charge in [0.25, 0.3) is 0 Å². The number of ether oxygens (including phenoxy) is 1. The molecule has 5 heteroatoms. The molecule has 0 aromatic heterocycles. The summed E-state index contributed by atoms with van der Waals surface area (Å²) < 4.78 is 18.3. The van der Waals surface area contributed by atoms with Crippen LogP contribution >= 0.6 is 11.6 Å². The highest BCUT2D eigenvalue weighted by atomic mass is 35.5. The van der Waals surface area contributed by atoms with Crippen LogP contribution in [0, 0.1) is 5.82 Å². The quantitative estimate of drug-likeness (QED) is 0.700. The summed E-state index contributed by atoms with van der Waals surface area (Å²) in [5.41, 5.74) is 0.519. The first kappa shape index (κ1) is 14.4. The monoisotopic (exact) mass is 260 g/mol. The van der Waals surface area contributed by atoms with E-state index >= 15 is 0 Å². The summed E-state index contributed by atoms with van der Waals surface area (Å²) in [7, 11) is 1.67. The van der Waals surface area contributed by atoms with Gasteiger partial charge < -0.3 is 15.4 Å². The smallest absolute Gasteiger partial charge is 0.129 e. The van der Waals surface area contributed by atoms with E-state index in [9.17, 15) is 4.39 Å². The van der Waals surface area contributed by atoms with Gasteiger partial charge in [-0.25, -0.2) is 4.39 Å². The Balaban J connectivity index is 2.18. The highest BCUT2D eigenvalue weighted by Crippen LogP contribution is 2.18. The average Bonchev–Trinajstić information content (AvgIpc) is 2.31. The first-order valence-electron chi connectivity index (χ1n) is 5.59. The molecule has 0 aliphatic heterocycles. The average molecular weight is 261 g/mol. The molecule has 0 heterocycles. The van der Waals surface area contributed by atoms with E-state index in [1.165, 1.54) is 6.07 Å². The van der Waals surface area contributed by atoms with Crippen molar-refractivity contribution in [1.29, 1.82) is 0 Å². The molecular weight excluding hydrogens is 243 g/mol. The lowest BCUT2D eigenvalue weighted by molar-refractivity contribution is 0.199. The first-order valence-corrected chi connectivity index (χ1v) is 5.96. The van der Waals surface area contributed by atoms with Crippen LogP contribution in [0.2, 0.25) is 5.02 Å². The molecule has 1 aromatic rings. The van der Waals surface area contributed by atoms with Crippen molar-refractivity contribution in [2.45, 2.75) is 6.54 Å². The van der Waals surface area contributed by atoms with Crippen LogP contribution in [0.4, 0.5) is 4.39 Å². The molecule has 0 aliphatic rings. The molecule has 0 amide bonds. The largest absolute Gasteiger partial charge is 0.383 e. The Morgan fingerprint density at radius 1 is 1.24 bits per heavy atom. The lowest BCUT2D eigenvalue weighted by Crippen LogP contribution is -2.29. The van der Waals surface area contributed by atoms with Gasteiger partial charge in [-0.15, -0.1) is 0 Å². The van der Waals surface area contributed by atoms with E-state index in [-0.39, 0.29) is 5.82 Å². The number of nitrogens with one attached hydrogen (secondary N) is 2. The molecule has 0 bridgehead atoms. The molecule has 0 saturated heterocycles. The number of methoxy groups -OCH3 is 1. The second-order valence-corrected chi connectivity index (χ2v) is 4.03. The van der Waals surface area contributed by atoms with Crippen molar-refractivity contribution in [3.05, 3.63) is 34.6 Å². The summed E-state index contributed by atoms with van der Waals surface area (Å²) in [4.78, 5) is 0. The van der Waals surface area contributed by atoms with Crippen LogP contribution in [-0.4, -0.2) is 33.4 Å². The van der Waals surface area contributed by atoms with E-state index in [1.54, 1.807) is 19.2 Å². The fourth-order valence-electron chi connectivity index (χ4n) is 1.39. The van der Waals surface area contributed by atoms with Gasteiger partial charge in [-0.05, 0) is 12.1 Å². The van der Waals surface area contributed by atoms with Crippen molar-refractivity contribution < 1.29 is 9.13 Å². The third kappa shape index (κ3) is 5.46. The van der Waals surface area contributed by atoms with Crippen LogP contribution in [0.3, 0.4) is 0 Å². The summed E-state index contributed by atoms with van der Waals surface area (Å²) in [6.07, 6.45) is 0. The Labute approximate surface area is 106 Å². The summed E-state index contributed by atoms with van der Waals surface area (Å²) >= 11 is 5.90. The number of hydrogen-bond donors (Lipinski definition) is 2. The van der Waals surface area contributed by atoms with Crippen molar-refractivity contribution in [1.82, 2.24) is 10.6 Å². The van der Waals surface area contributed by atoms with E-state index in [2.05, 4.69) is 10.6 Å². The minimum Gasteiger partial charge on any atom is -0.383 e. The maximum atomic E-state index is 13.4. The van der Waals surface area contributed by atoms with Gasteiger partial charge in [0.1, 0.15) is 5.82 Å². The lowest BCUT2D eigenvalue weighted by Gasteiger charge is -2.08. The van der Waals surface area contributed by atoms with Gasteiger partial charge >= 0.3 is 0 Å². The summed E-state index contributed by atoms with van der Waals surface area (Å²) in [6, 6.07) is 4.71. The van der Waals surface area contributed by atoms with Crippen LogP contribution in [-0.2, 0) is 11.3 Å². The third-order valence-electron chi connectivity index (χ3n) is 2.32. The second kappa shape index (κ2) is 8.42. The second-order valence-electron chi connectivity index (χ2n) is 3.62. The van der Waals surface area contributed by atoms with Crippen molar-refractivity contribution in [3.63, 3.8) is 0 Å². The van der Waals surface area contributed by atoms with Crippen molar-refractivity contribution in [2.24, 2.45) is 0 Å². The predicted octanol–water partition coefficient (Wildman–Crippen LogP) is 1.80. The van der Waals surface area contributed by atoms with E-state index in [0.717, 1.165) is 19.6 Å². The molecule has 0 atom stereocenters.